The standard InChI is InChI=1S/C15H17F3N2O2/c16-15(17,18)14(7-8-14)11-19-10(20-22-11)13-4-1-12(9-21,2-5-13)3-6-13/h9H,1-8H2. The van der Waals surface area contributed by atoms with Crippen LogP contribution in [0, 0.1) is 5.41 Å². The molecule has 2 bridgehead atoms. The summed E-state index contributed by atoms with van der Waals surface area (Å²) in [6, 6.07) is 0. The summed E-state index contributed by atoms with van der Waals surface area (Å²) < 4.78 is 44.5. The Kier molecular flexibility index (Phi) is 2.66. The molecule has 0 aromatic carbocycles. The topological polar surface area (TPSA) is 56.0 Å². The van der Waals surface area contributed by atoms with Gasteiger partial charge in [0.1, 0.15) is 11.7 Å². The minimum atomic E-state index is -4.33. The number of carbonyl (C=O) groups is 1. The Bertz CT molecular complexity index is 594. The molecule has 4 fully saturated rings. The highest BCUT2D eigenvalue weighted by Gasteiger charge is 2.68. The fourth-order valence-corrected chi connectivity index (χ4v) is 4.10. The molecule has 0 unspecified atom stereocenters. The Hall–Kier alpha value is -1.40. The van der Waals surface area contributed by atoms with Crippen LogP contribution in [-0.4, -0.2) is 22.6 Å². The van der Waals surface area contributed by atoms with Gasteiger partial charge in [-0.25, -0.2) is 0 Å². The maximum Gasteiger partial charge on any atom is 0.403 e. The number of alkyl halides is 3. The smallest absolute Gasteiger partial charge is 0.338 e. The average molecular weight is 314 g/mol. The SMILES string of the molecule is O=CC12CCC(c3noc(C4(C(F)(F)F)CC4)n3)(CC1)CC2. The van der Waals surface area contributed by atoms with Crippen LogP contribution in [-0.2, 0) is 15.6 Å². The summed E-state index contributed by atoms with van der Waals surface area (Å²) in [6.45, 7) is 0. The number of hydrogen-bond donors (Lipinski definition) is 0. The number of fused-ring (bicyclic) bond motifs is 3. The van der Waals surface area contributed by atoms with Crippen molar-refractivity contribution in [1.29, 1.82) is 0 Å². The van der Waals surface area contributed by atoms with Gasteiger partial charge in [-0.2, -0.15) is 18.2 Å². The number of aromatic nitrogens is 2. The lowest BCUT2D eigenvalue weighted by Gasteiger charge is -2.49. The number of nitrogens with zero attached hydrogens (tertiary/aromatic N) is 2. The highest BCUT2D eigenvalue weighted by Crippen LogP contribution is 2.60. The van der Waals surface area contributed by atoms with Crippen LogP contribution in [0.5, 0.6) is 0 Å². The van der Waals surface area contributed by atoms with Gasteiger partial charge in [0.2, 0.25) is 5.89 Å². The lowest BCUT2D eigenvalue weighted by molar-refractivity contribution is -0.166. The van der Waals surface area contributed by atoms with Crippen LogP contribution in [0.4, 0.5) is 13.2 Å². The fourth-order valence-electron chi connectivity index (χ4n) is 4.10. The fraction of sp³-hybridized carbons (Fsp3) is 0.800. The Morgan fingerprint density at radius 3 is 2.05 bits per heavy atom. The van der Waals surface area contributed by atoms with E-state index < -0.39 is 11.6 Å². The van der Waals surface area contributed by atoms with Gasteiger partial charge >= 0.3 is 6.18 Å². The van der Waals surface area contributed by atoms with Crippen LogP contribution in [0.1, 0.15) is 63.1 Å². The third-order valence-electron chi connectivity index (χ3n) is 6.16. The molecule has 0 radical (unpaired) electrons. The van der Waals surface area contributed by atoms with E-state index in [1.807, 2.05) is 0 Å². The van der Waals surface area contributed by atoms with Gasteiger partial charge in [-0.05, 0) is 51.4 Å². The van der Waals surface area contributed by atoms with Crippen molar-refractivity contribution in [1.82, 2.24) is 10.1 Å². The largest absolute Gasteiger partial charge is 0.403 e. The molecule has 4 aliphatic rings. The summed E-state index contributed by atoms with van der Waals surface area (Å²) in [4.78, 5) is 15.4. The Labute approximate surface area is 125 Å². The molecule has 0 N–H and O–H groups in total. The summed E-state index contributed by atoms with van der Waals surface area (Å²) in [5.41, 5.74) is -2.43. The zero-order chi connectivity index (χ0) is 15.6. The van der Waals surface area contributed by atoms with E-state index in [4.69, 9.17) is 4.52 Å². The van der Waals surface area contributed by atoms with E-state index in [2.05, 4.69) is 10.1 Å². The number of hydrogen-bond acceptors (Lipinski definition) is 4. The second kappa shape index (κ2) is 4.11. The maximum absolute atomic E-state index is 13.1. The van der Waals surface area contributed by atoms with Crippen molar-refractivity contribution in [3.05, 3.63) is 11.7 Å². The van der Waals surface area contributed by atoms with Gasteiger partial charge in [-0.15, -0.1) is 0 Å². The molecule has 4 saturated carbocycles. The lowest BCUT2D eigenvalue weighted by atomic mass is 9.54. The second-order valence-corrected chi connectivity index (χ2v) is 7.26. The number of rotatable bonds is 3. The summed E-state index contributed by atoms with van der Waals surface area (Å²) in [5.74, 6) is 0.138. The van der Waals surface area contributed by atoms with Gasteiger partial charge in [0.25, 0.3) is 0 Å². The normalized spacial score (nSPS) is 36.3. The van der Waals surface area contributed by atoms with Crippen LogP contribution in [0.3, 0.4) is 0 Å². The van der Waals surface area contributed by atoms with Gasteiger partial charge < -0.3 is 9.32 Å². The molecular weight excluding hydrogens is 297 g/mol. The van der Waals surface area contributed by atoms with Crippen LogP contribution in [0.25, 0.3) is 0 Å². The molecule has 5 rings (SSSR count). The third kappa shape index (κ3) is 1.74. The van der Waals surface area contributed by atoms with Gasteiger partial charge in [0, 0.05) is 10.8 Å². The van der Waals surface area contributed by atoms with Gasteiger partial charge in [0.15, 0.2) is 5.82 Å². The highest BCUT2D eigenvalue weighted by atomic mass is 19.4. The van der Waals surface area contributed by atoms with Crippen LogP contribution < -0.4 is 0 Å². The zero-order valence-electron chi connectivity index (χ0n) is 12.1. The van der Waals surface area contributed by atoms with Gasteiger partial charge in [-0.1, -0.05) is 5.16 Å². The summed E-state index contributed by atoms with van der Waals surface area (Å²) in [5, 5.41) is 3.90. The van der Waals surface area contributed by atoms with Crippen LogP contribution >= 0.6 is 0 Å². The Morgan fingerprint density at radius 1 is 1.00 bits per heavy atom. The van der Waals surface area contributed by atoms with Crippen molar-refractivity contribution in [2.45, 2.75) is 68.4 Å². The summed E-state index contributed by atoms with van der Waals surface area (Å²) in [6.07, 6.45) is 1.34. The molecule has 0 spiro atoms. The summed E-state index contributed by atoms with van der Waals surface area (Å²) >= 11 is 0. The number of aldehydes is 1. The highest BCUT2D eigenvalue weighted by molar-refractivity contribution is 5.60. The van der Waals surface area contributed by atoms with E-state index in [1.54, 1.807) is 0 Å². The molecule has 4 nitrogen and oxygen atoms in total. The van der Waals surface area contributed by atoms with E-state index in [-0.39, 0.29) is 29.6 Å². The van der Waals surface area contributed by atoms with E-state index >= 15 is 0 Å². The lowest BCUT2D eigenvalue weighted by Crippen LogP contribution is -2.45. The minimum Gasteiger partial charge on any atom is -0.338 e. The van der Waals surface area contributed by atoms with Crippen molar-refractivity contribution >= 4 is 6.29 Å². The Morgan fingerprint density at radius 2 is 1.59 bits per heavy atom. The maximum atomic E-state index is 13.1. The predicted molar refractivity (Wildman–Crippen MR) is 69.1 cm³/mol. The first-order valence-corrected chi connectivity index (χ1v) is 7.73. The monoisotopic (exact) mass is 314 g/mol. The molecule has 1 heterocycles. The first-order valence-electron chi connectivity index (χ1n) is 7.73. The molecule has 7 heteroatoms. The first kappa shape index (κ1) is 14.2. The van der Waals surface area contributed by atoms with Gasteiger partial charge in [-0.3, -0.25) is 0 Å². The Balaban J connectivity index is 1.62. The molecule has 0 aliphatic heterocycles. The molecule has 1 aromatic heterocycles. The molecular formula is C15H17F3N2O2. The molecule has 0 amide bonds. The van der Waals surface area contributed by atoms with E-state index in [0.717, 1.165) is 44.8 Å². The van der Waals surface area contributed by atoms with E-state index in [0.29, 0.717) is 5.82 Å². The average Bonchev–Trinajstić information content (AvgIpc) is 3.20. The van der Waals surface area contributed by atoms with Crippen LogP contribution in [0.2, 0.25) is 0 Å². The molecule has 22 heavy (non-hydrogen) atoms. The first-order chi connectivity index (χ1) is 10.3. The van der Waals surface area contributed by atoms with Gasteiger partial charge in [0.05, 0.1) is 0 Å². The third-order valence-corrected chi connectivity index (χ3v) is 6.16. The molecule has 120 valence electrons. The number of carbonyl (C=O) groups excluding carboxylic acids is 1. The minimum absolute atomic E-state index is 0.0272. The number of halogens is 3. The van der Waals surface area contributed by atoms with Crippen molar-refractivity contribution in [3.63, 3.8) is 0 Å². The molecule has 0 atom stereocenters. The molecule has 0 saturated heterocycles. The van der Waals surface area contributed by atoms with Crippen molar-refractivity contribution in [2.24, 2.45) is 5.41 Å². The summed E-state index contributed by atoms with van der Waals surface area (Å²) in [7, 11) is 0. The quantitative estimate of drug-likeness (QED) is 0.802. The molecule has 1 aromatic rings. The van der Waals surface area contributed by atoms with Crippen molar-refractivity contribution < 1.29 is 22.5 Å². The zero-order valence-corrected chi connectivity index (χ0v) is 12.1. The van der Waals surface area contributed by atoms with E-state index in [1.165, 1.54) is 0 Å². The van der Waals surface area contributed by atoms with Crippen molar-refractivity contribution in [3.8, 4) is 0 Å². The van der Waals surface area contributed by atoms with Crippen molar-refractivity contribution in [2.75, 3.05) is 0 Å². The van der Waals surface area contributed by atoms with Crippen LogP contribution in [0.15, 0.2) is 4.52 Å². The van der Waals surface area contributed by atoms with E-state index in [9.17, 15) is 18.0 Å². The second-order valence-electron chi connectivity index (χ2n) is 7.26. The predicted octanol–water partition coefficient (Wildman–Crippen LogP) is 3.45. The molecule has 4 aliphatic carbocycles.